The Kier molecular flexibility index (Phi) is 6.81. The van der Waals surface area contributed by atoms with E-state index in [0.29, 0.717) is 11.1 Å². The first kappa shape index (κ1) is 22.0. The van der Waals surface area contributed by atoms with Gasteiger partial charge in [0.05, 0.1) is 11.1 Å². The van der Waals surface area contributed by atoms with E-state index in [2.05, 4.69) is 5.32 Å². The summed E-state index contributed by atoms with van der Waals surface area (Å²) in [5, 5.41) is 22.4. The molecule has 168 valence electrons. The molecule has 0 radical (unpaired) electrons. The molecule has 0 amide bonds. The maximum absolute atomic E-state index is 12.6. The average molecular weight is 440 g/mol. The third kappa shape index (κ3) is 5.14. The monoisotopic (exact) mass is 440 g/mol. The van der Waals surface area contributed by atoms with Crippen LogP contribution in [-0.2, 0) is 14.2 Å². The van der Waals surface area contributed by atoms with Gasteiger partial charge in [-0.25, -0.2) is 14.9 Å². The second-order valence-electron chi connectivity index (χ2n) is 7.41. The van der Waals surface area contributed by atoms with Gasteiger partial charge < -0.3 is 29.3 Å². The van der Waals surface area contributed by atoms with Crippen LogP contribution in [0, 0.1) is 0 Å². The van der Waals surface area contributed by atoms with Crippen molar-refractivity contribution in [2.75, 3.05) is 6.61 Å². The van der Waals surface area contributed by atoms with E-state index in [0.717, 1.165) is 0 Å². The average Bonchev–Trinajstić information content (AvgIpc) is 3.20. The lowest BCUT2D eigenvalue weighted by Crippen LogP contribution is -2.53. The molecule has 2 aliphatic heterocycles. The molecule has 0 saturated carbocycles. The van der Waals surface area contributed by atoms with Gasteiger partial charge in [-0.1, -0.05) is 36.4 Å². The molecule has 2 aromatic carbocycles. The highest BCUT2D eigenvalue weighted by atomic mass is 16.6. The summed E-state index contributed by atoms with van der Waals surface area (Å²) < 4.78 is 17.0. The summed E-state index contributed by atoms with van der Waals surface area (Å²) >= 11 is 0. The summed E-state index contributed by atoms with van der Waals surface area (Å²) in [6.07, 6.45) is -1.14. The van der Waals surface area contributed by atoms with Gasteiger partial charge in [0, 0.05) is 12.6 Å². The number of rotatable bonds is 6. The first-order valence-electron chi connectivity index (χ1n) is 10.2. The highest BCUT2D eigenvalue weighted by Crippen LogP contribution is 2.29. The number of nitrogens with one attached hydrogen (secondary N) is 1. The van der Waals surface area contributed by atoms with Crippen molar-refractivity contribution < 1.29 is 34.0 Å². The number of nitrogens with zero attached hydrogens (tertiary/aromatic N) is 1. The second-order valence-corrected chi connectivity index (χ2v) is 7.41. The number of carbonyl (C=O) groups is 2. The number of aliphatic hydroxyl groups excluding tert-OH is 2. The highest BCUT2D eigenvalue weighted by Gasteiger charge is 2.43. The standard InChI is InChI=1S/C23H24N2O7/c26-19-11-12-25(23(29)24-19)20-13-17(32-22(28)16-9-5-2-6-10-16)18(31-20)14-30-21(27)15-7-3-1-4-8-15/h1-12,17-20,23-24,26,29H,13-14H2/t17?,18-,19+,20-,23+/m0/s1. The lowest BCUT2D eigenvalue weighted by atomic mass is 10.1. The fourth-order valence-corrected chi connectivity index (χ4v) is 3.56. The Balaban J connectivity index is 1.46. The van der Waals surface area contributed by atoms with Crippen LogP contribution in [0.5, 0.6) is 0 Å². The molecule has 5 atom stereocenters. The van der Waals surface area contributed by atoms with Crippen LogP contribution in [0.4, 0.5) is 0 Å². The van der Waals surface area contributed by atoms with Crippen molar-refractivity contribution in [2.24, 2.45) is 0 Å². The van der Waals surface area contributed by atoms with E-state index < -0.39 is 43.0 Å². The molecule has 0 aliphatic carbocycles. The molecule has 1 fully saturated rings. The minimum Gasteiger partial charge on any atom is -0.459 e. The van der Waals surface area contributed by atoms with Crippen LogP contribution in [0.1, 0.15) is 27.1 Å². The van der Waals surface area contributed by atoms with Gasteiger partial charge in [0.1, 0.15) is 31.3 Å². The first-order valence-corrected chi connectivity index (χ1v) is 10.2. The van der Waals surface area contributed by atoms with E-state index in [1.807, 2.05) is 0 Å². The summed E-state index contributed by atoms with van der Waals surface area (Å²) in [5.41, 5.74) is 0.783. The number of hydrogen-bond acceptors (Lipinski definition) is 9. The molecule has 32 heavy (non-hydrogen) atoms. The molecule has 9 nitrogen and oxygen atoms in total. The third-order valence-corrected chi connectivity index (χ3v) is 5.21. The number of aliphatic hydroxyl groups is 2. The number of hydrogen-bond donors (Lipinski definition) is 3. The molecule has 1 unspecified atom stereocenters. The Labute approximate surface area is 184 Å². The molecule has 0 spiro atoms. The summed E-state index contributed by atoms with van der Waals surface area (Å²) in [6.45, 7) is -0.138. The molecule has 4 rings (SSSR count). The van der Waals surface area contributed by atoms with Crippen LogP contribution in [-0.4, -0.2) is 64.7 Å². The van der Waals surface area contributed by atoms with E-state index in [1.54, 1.807) is 60.7 Å². The zero-order valence-corrected chi connectivity index (χ0v) is 17.1. The predicted molar refractivity (Wildman–Crippen MR) is 112 cm³/mol. The van der Waals surface area contributed by atoms with Gasteiger partial charge in [-0.2, -0.15) is 0 Å². The second kappa shape index (κ2) is 9.92. The van der Waals surface area contributed by atoms with Crippen molar-refractivity contribution >= 4 is 11.9 Å². The minimum absolute atomic E-state index is 0.138. The summed E-state index contributed by atoms with van der Waals surface area (Å²) in [6, 6.07) is 17.1. The molecule has 0 bridgehead atoms. The van der Waals surface area contributed by atoms with Crippen molar-refractivity contribution in [1.82, 2.24) is 10.2 Å². The van der Waals surface area contributed by atoms with Crippen LogP contribution in [0.2, 0.25) is 0 Å². The summed E-state index contributed by atoms with van der Waals surface area (Å²) in [4.78, 5) is 26.4. The lowest BCUT2D eigenvalue weighted by Gasteiger charge is -2.35. The maximum Gasteiger partial charge on any atom is 0.338 e. The SMILES string of the molecule is O=C(OC[C@@H]1O[C@H](N2C=C[C@@H](O)N[C@H]2O)CC1OC(=O)c1ccccc1)c1ccccc1. The molecule has 9 heteroatoms. The van der Waals surface area contributed by atoms with E-state index in [1.165, 1.54) is 17.2 Å². The highest BCUT2D eigenvalue weighted by molar-refractivity contribution is 5.90. The predicted octanol–water partition coefficient (Wildman–Crippen LogP) is 1.20. The molecule has 1 saturated heterocycles. The Morgan fingerprint density at radius 3 is 2.25 bits per heavy atom. The third-order valence-electron chi connectivity index (χ3n) is 5.21. The molecule has 3 N–H and O–H groups in total. The van der Waals surface area contributed by atoms with Crippen molar-refractivity contribution in [2.45, 2.75) is 37.4 Å². The van der Waals surface area contributed by atoms with E-state index in [4.69, 9.17) is 14.2 Å². The number of ether oxygens (including phenoxy) is 3. The van der Waals surface area contributed by atoms with Gasteiger partial charge in [-0.15, -0.1) is 0 Å². The van der Waals surface area contributed by atoms with Crippen LogP contribution in [0.15, 0.2) is 72.9 Å². The van der Waals surface area contributed by atoms with Crippen LogP contribution >= 0.6 is 0 Å². The van der Waals surface area contributed by atoms with Crippen molar-refractivity contribution in [1.29, 1.82) is 0 Å². The summed E-state index contributed by atoms with van der Waals surface area (Å²) in [7, 11) is 0. The smallest absolute Gasteiger partial charge is 0.338 e. The molecule has 2 aliphatic rings. The van der Waals surface area contributed by atoms with Gasteiger partial charge in [0.25, 0.3) is 0 Å². The molecular weight excluding hydrogens is 416 g/mol. The quantitative estimate of drug-likeness (QED) is 0.570. The molecule has 2 aromatic rings. The van der Waals surface area contributed by atoms with Gasteiger partial charge in [0.15, 0.2) is 6.35 Å². The number of carbonyl (C=O) groups excluding carboxylic acids is 2. The van der Waals surface area contributed by atoms with Crippen LogP contribution in [0.25, 0.3) is 0 Å². The van der Waals surface area contributed by atoms with Crippen LogP contribution < -0.4 is 5.32 Å². The van der Waals surface area contributed by atoms with Gasteiger partial charge in [-0.3, -0.25) is 0 Å². The van der Waals surface area contributed by atoms with Crippen molar-refractivity contribution in [3.8, 4) is 0 Å². The number of benzene rings is 2. The van der Waals surface area contributed by atoms with E-state index >= 15 is 0 Å². The van der Waals surface area contributed by atoms with Crippen molar-refractivity contribution in [3.05, 3.63) is 84.1 Å². The van der Waals surface area contributed by atoms with Gasteiger partial charge in [0.2, 0.25) is 0 Å². The van der Waals surface area contributed by atoms with E-state index in [-0.39, 0.29) is 13.0 Å². The topological polar surface area (TPSA) is 118 Å². The Morgan fingerprint density at radius 2 is 1.62 bits per heavy atom. The normalized spacial score (nSPS) is 27.2. The first-order chi connectivity index (χ1) is 15.5. The zero-order valence-electron chi connectivity index (χ0n) is 17.1. The largest absolute Gasteiger partial charge is 0.459 e. The van der Waals surface area contributed by atoms with Gasteiger partial charge in [-0.05, 0) is 30.3 Å². The maximum atomic E-state index is 12.6. The van der Waals surface area contributed by atoms with Crippen molar-refractivity contribution in [3.63, 3.8) is 0 Å². The Hall–Kier alpha value is -3.24. The summed E-state index contributed by atoms with van der Waals surface area (Å²) in [5.74, 6) is -1.05. The lowest BCUT2D eigenvalue weighted by molar-refractivity contribution is -0.137. The van der Waals surface area contributed by atoms with Gasteiger partial charge >= 0.3 is 11.9 Å². The number of esters is 2. The molecule has 0 aromatic heterocycles. The van der Waals surface area contributed by atoms with Crippen LogP contribution in [0.3, 0.4) is 0 Å². The molecular formula is C23H24N2O7. The minimum atomic E-state index is -1.20. The fraction of sp³-hybridized carbons (Fsp3) is 0.304. The fourth-order valence-electron chi connectivity index (χ4n) is 3.56. The Bertz CT molecular complexity index is 953. The Morgan fingerprint density at radius 1 is 1.00 bits per heavy atom. The molecule has 2 heterocycles. The van der Waals surface area contributed by atoms with E-state index in [9.17, 15) is 19.8 Å². The zero-order chi connectivity index (χ0) is 22.5.